The zero-order valence-corrected chi connectivity index (χ0v) is 13.5. The van der Waals surface area contributed by atoms with Gasteiger partial charge in [0.1, 0.15) is 6.54 Å². The van der Waals surface area contributed by atoms with Gasteiger partial charge in [-0.1, -0.05) is 30.3 Å². The van der Waals surface area contributed by atoms with Crippen molar-refractivity contribution in [2.75, 3.05) is 33.7 Å². The fourth-order valence-corrected chi connectivity index (χ4v) is 2.00. The predicted octanol–water partition coefficient (Wildman–Crippen LogP) is 1.26. The third kappa shape index (κ3) is 6.16. The van der Waals surface area contributed by atoms with Crippen molar-refractivity contribution >= 4 is 11.9 Å². The summed E-state index contributed by atoms with van der Waals surface area (Å²) in [4.78, 5) is 17.6. The molecule has 1 amide bonds. The Bertz CT molecular complexity index is 495. The molecule has 1 aliphatic carbocycles. The van der Waals surface area contributed by atoms with Crippen LogP contribution >= 0.6 is 0 Å². The number of likely N-dealkylation sites (N-methyl/N-ethyl adjacent to an activating group) is 1. The monoisotopic (exact) mass is 302 g/mol. The Morgan fingerprint density at radius 1 is 1.23 bits per heavy atom. The van der Waals surface area contributed by atoms with Crippen LogP contribution in [0.15, 0.2) is 35.3 Å². The number of nitrogens with one attached hydrogen (secondary N) is 2. The molecule has 2 N–H and O–H groups in total. The number of benzene rings is 1. The summed E-state index contributed by atoms with van der Waals surface area (Å²) in [6.45, 7) is 1.92. The topological polar surface area (TPSA) is 56.7 Å². The molecule has 0 saturated heterocycles. The number of carbonyl (C=O) groups is 1. The van der Waals surface area contributed by atoms with Gasteiger partial charge in [-0.3, -0.25) is 4.79 Å². The van der Waals surface area contributed by atoms with E-state index in [4.69, 9.17) is 0 Å². The number of rotatable bonds is 7. The zero-order chi connectivity index (χ0) is 15.8. The van der Waals surface area contributed by atoms with Crippen molar-refractivity contribution in [1.82, 2.24) is 15.5 Å². The number of carbonyl (C=O) groups excluding carboxylic acids is 1. The van der Waals surface area contributed by atoms with Crippen molar-refractivity contribution in [1.29, 1.82) is 0 Å². The third-order valence-corrected chi connectivity index (χ3v) is 3.68. The van der Waals surface area contributed by atoms with Gasteiger partial charge in [0.25, 0.3) is 0 Å². The minimum absolute atomic E-state index is 0.00980. The van der Waals surface area contributed by atoms with Gasteiger partial charge in [-0.15, -0.1) is 0 Å². The Kier molecular flexibility index (Phi) is 6.25. The highest BCUT2D eigenvalue weighted by atomic mass is 16.2. The van der Waals surface area contributed by atoms with Crippen LogP contribution in [0.5, 0.6) is 0 Å². The predicted molar refractivity (Wildman–Crippen MR) is 89.9 cm³/mol. The second-order valence-electron chi connectivity index (χ2n) is 5.94. The number of hydrogen-bond acceptors (Lipinski definition) is 2. The van der Waals surface area contributed by atoms with Gasteiger partial charge >= 0.3 is 0 Å². The average Bonchev–Trinajstić information content (AvgIpc) is 3.34. The first-order valence-electron chi connectivity index (χ1n) is 7.91. The molecule has 0 radical (unpaired) electrons. The molecule has 1 saturated carbocycles. The summed E-state index contributed by atoms with van der Waals surface area (Å²) in [6.07, 6.45) is 3.52. The maximum absolute atomic E-state index is 11.7. The largest absolute Gasteiger partial charge is 0.356 e. The van der Waals surface area contributed by atoms with E-state index >= 15 is 0 Å². The highest BCUT2D eigenvalue weighted by Crippen LogP contribution is 2.27. The SMILES string of the molecule is CN(C)C(=O)CN=C(NCCc1ccccc1)NCC1CC1. The van der Waals surface area contributed by atoms with Crippen LogP contribution in [0, 0.1) is 5.92 Å². The molecule has 120 valence electrons. The summed E-state index contributed by atoms with van der Waals surface area (Å²) in [7, 11) is 3.50. The van der Waals surface area contributed by atoms with E-state index in [1.165, 1.54) is 18.4 Å². The number of guanidine groups is 1. The zero-order valence-electron chi connectivity index (χ0n) is 13.5. The number of aliphatic imine (C=N–C) groups is 1. The maximum Gasteiger partial charge on any atom is 0.243 e. The van der Waals surface area contributed by atoms with Crippen molar-refractivity contribution in [3.05, 3.63) is 35.9 Å². The number of nitrogens with zero attached hydrogens (tertiary/aromatic N) is 2. The van der Waals surface area contributed by atoms with Crippen LogP contribution in [-0.4, -0.2) is 50.5 Å². The molecule has 0 aromatic heterocycles. The molecule has 0 spiro atoms. The third-order valence-electron chi connectivity index (χ3n) is 3.68. The fraction of sp³-hybridized carbons (Fsp3) is 0.529. The van der Waals surface area contributed by atoms with Crippen molar-refractivity contribution in [3.8, 4) is 0 Å². The molecule has 0 aliphatic heterocycles. The lowest BCUT2D eigenvalue weighted by Crippen LogP contribution is -2.40. The van der Waals surface area contributed by atoms with Crippen LogP contribution in [0.4, 0.5) is 0 Å². The van der Waals surface area contributed by atoms with Gasteiger partial charge in [0.05, 0.1) is 0 Å². The normalized spacial score (nSPS) is 14.5. The van der Waals surface area contributed by atoms with E-state index in [1.54, 1.807) is 19.0 Å². The van der Waals surface area contributed by atoms with Gasteiger partial charge in [-0.05, 0) is 30.7 Å². The molecule has 22 heavy (non-hydrogen) atoms. The summed E-state index contributed by atoms with van der Waals surface area (Å²) in [5.41, 5.74) is 1.29. The molecule has 5 heteroatoms. The summed E-state index contributed by atoms with van der Waals surface area (Å²) in [6, 6.07) is 10.3. The minimum atomic E-state index is 0.00980. The van der Waals surface area contributed by atoms with Gasteiger partial charge in [-0.2, -0.15) is 0 Å². The molecular formula is C17H26N4O. The van der Waals surface area contributed by atoms with Gasteiger partial charge < -0.3 is 15.5 Å². The molecule has 1 fully saturated rings. The van der Waals surface area contributed by atoms with E-state index in [0.29, 0.717) is 0 Å². The first-order valence-corrected chi connectivity index (χ1v) is 7.91. The number of amides is 1. The highest BCUT2D eigenvalue weighted by Gasteiger charge is 2.21. The molecular weight excluding hydrogens is 276 g/mol. The van der Waals surface area contributed by atoms with Crippen LogP contribution in [0.3, 0.4) is 0 Å². The molecule has 2 rings (SSSR count). The van der Waals surface area contributed by atoms with E-state index in [2.05, 4.69) is 27.8 Å². The van der Waals surface area contributed by atoms with E-state index in [0.717, 1.165) is 31.4 Å². The van der Waals surface area contributed by atoms with Crippen LogP contribution in [0.2, 0.25) is 0 Å². The molecule has 0 atom stereocenters. The van der Waals surface area contributed by atoms with Gasteiger partial charge in [0.15, 0.2) is 5.96 Å². The Hall–Kier alpha value is -2.04. The quantitative estimate of drug-likeness (QED) is 0.589. The summed E-state index contributed by atoms with van der Waals surface area (Å²) in [5, 5.41) is 6.64. The molecule has 1 aromatic carbocycles. The van der Waals surface area contributed by atoms with E-state index in [9.17, 15) is 4.79 Å². The first kappa shape index (κ1) is 16.3. The molecule has 0 heterocycles. The summed E-state index contributed by atoms with van der Waals surface area (Å²) < 4.78 is 0. The molecule has 1 aliphatic rings. The van der Waals surface area contributed by atoms with Crippen LogP contribution < -0.4 is 10.6 Å². The van der Waals surface area contributed by atoms with E-state index in [-0.39, 0.29) is 12.5 Å². The van der Waals surface area contributed by atoms with Crippen molar-refractivity contribution in [2.45, 2.75) is 19.3 Å². The summed E-state index contributed by atoms with van der Waals surface area (Å²) >= 11 is 0. The van der Waals surface area contributed by atoms with Crippen molar-refractivity contribution in [3.63, 3.8) is 0 Å². The van der Waals surface area contributed by atoms with Crippen molar-refractivity contribution < 1.29 is 4.79 Å². The molecule has 0 bridgehead atoms. The second kappa shape index (κ2) is 8.41. The lowest BCUT2D eigenvalue weighted by molar-refractivity contribution is -0.127. The first-order chi connectivity index (χ1) is 10.6. The highest BCUT2D eigenvalue weighted by molar-refractivity contribution is 5.84. The molecule has 1 aromatic rings. The van der Waals surface area contributed by atoms with Gasteiger partial charge in [-0.25, -0.2) is 4.99 Å². The van der Waals surface area contributed by atoms with Crippen LogP contribution in [0.1, 0.15) is 18.4 Å². The van der Waals surface area contributed by atoms with Crippen LogP contribution in [-0.2, 0) is 11.2 Å². The Labute approximate surface area is 132 Å². The molecule has 5 nitrogen and oxygen atoms in total. The Balaban J connectivity index is 1.80. The Morgan fingerprint density at radius 2 is 1.95 bits per heavy atom. The average molecular weight is 302 g/mol. The van der Waals surface area contributed by atoms with Gasteiger partial charge in [0.2, 0.25) is 5.91 Å². The van der Waals surface area contributed by atoms with Crippen LogP contribution in [0.25, 0.3) is 0 Å². The minimum Gasteiger partial charge on any atom is -0.356 e. The summed E-state index contributed by atoms with van der Waals surface area (Å²) in [5.74, 6) is 1.51. The molecule has 0 unspecified atom stereocenters. The van der Waals surface area contributed by atoms with E-state index in [1.807, 2.05) is 18.2 Å². The maximum atomic E-state index is 11.7. The fourth-order valence-electron chi connectivity index (χ4n) is 2.00. The van der Waals surface area contributed by atoms with E-state index < -0.39 is 0 Å². The lowest BCUT2D eigenvalue weighted by Gasteiger charge is -2.13. The standard InChI is InChI=1S/C17H26N4O/c1-21(2)16(22)13-20-17(19-12-15-8-9-15)18-11-10-14-6-4-3-5-7-14/h3-7,15H,8-13H2,1-2H3,(H2,18,19,20). The van der Waals surface area contributed by atoms with Crippen molar-refractivity contribution in [2.24, 2.45) is 10.9 Å². The Morgan fingerprint density at radius 3 is 2.59 bits per heavy atom. The smallest absolute Gasteiger partial charge is 0.243 e. The number of hydrogen-bond donors (Lipinski definition) is 2. The lowest BCUT2D eigenvalue weighted by atomic mass is 10.1. The van der Waals surface area contributed by atoms with Gasteiger partial charge in [0, 0.05) is 27.2 Å². The second-order valence-corrected chi connectivity index (χ2v) is 5.94.